The van der Waals surface area contributed by atoms with Crippen LogP contribution in [0, 0.1) is 13.8 Å². The van der Waals surface area contributed by atoms with Crippen LogP contribution in [0.3, 0.4) is 0 Å². The van der Waals surface area contributed by atoms with E-state index in [1.165, 1.54) is 11.3 Å². The number of nitrogens with zero attached hydrogens (tertiary/aromatic N) is 2. The van der Waals surface area contributed by atoms with Crippen LogP contribution in [0.15, 0.2) is 54.6 Å². The molecule has 5 aromatic rings. The predicted molar refractivity (Wildman–Crippen MR) is 155 cm³/mol. The van der Waals surface area contributed by atoms with Gasteiger partial charge >= 0.3 is 0 Å². The lowest BCUT2D eigenvalue weighted by molar-refractivity contribution is 0.101. The molecule has 0 saturated heterocycles. The Morgan fingerprint density at radius 2 is 1.62 bits per heavy atom. The fourth-order valence-corrected chi connectivity index (χ4v) is 5.81. The number of carbonyl (C=O) groups excluding carboxylic acids is 2. The molecule has 10 heteroatoms. The fourth-order valence-electron chi connectivity index (χ4n) is 4.84. The Morgan fingerprint density at radius 3 is 2.31 bits per heavy atom. The number of aromatic amines is 1. The number of nitrogen functional groups attached to an aromatic ring is 1. The average Bonchev–Trinajstić information content (AvgIpc) is 3.55. The molecule has 0 unspecified atom stereocenters. The van der Waals surface area contributed by atoms with Crippen LogP contribution >= 0.6 is 11.3 Å². The number of carbonyl (C=O) groups is 2. The van der Waals surface area contributed by atoms with Gasteiger partial charge in [-0.25, -0.2) is 9.97 Å². The first-order valence-electron chi connectivity index (χ1n) is 12.6. The maximum absolute atomic E-state index is 13.0. The zero-order valence-electron chi connectivity index (χ0n) is 21.5. The first-order valence-corrected chi connectivity index (χ1v) is 13.5. The van der Waals surface area contributed by atoms with Crippen LogP contribution in [0.1, 0.15) is 42.1 Å². The lowest BCUT2D eigenvalue weighted by atomic mass is 9.94. The highest BCUT2D eigenvalue weighted by Crippen LogP contribution is 2.34. The fraction of sp³-hybridized carbons (Fsp3) is 0.172. The van der Waals surface area contributed by atoms with Gasteiger partial charge in [0.2, 0.25) is 0 Å². The third-order valence-corrected chi connectivity index (χ3v) is 8.07. The molecule has 0 saturated carbocycles. The number of imidazole rings is 1. The van der Waals surface area contributed by atoms with Gasteiger partial charge in [0.1, 0.15) is 0 Å². The molecule has 39 heavy (non-hydrogen) atoms. The van der Waals surface area contributed by atoms with Gasteiger partial charge in [-0.1, -0.05) is 24.3 Å². The van der Waals surface area contributed by atoms with Gasteiger partial charge in [-0.15, -0.1) is 11.3 Å². The molecule has 2 amide bonds. The SMILES string of the molecule is Cc1c(NC(=O)c2nc3ccc(N)cc3[nH]2)cccc1-c1cccc(NC(=O)c2nc3c(s2)CNCC3)c1C. The first-order chi connectivity index (χ1) is 18.9. The van der Waals surface area contributed by atoms with Crippen molar-refractivity contribution in [2.24, 2.45) is 0 Å². The van der Waals surface area contributed by atoms with E-state index in [0.717, 1.165) is 58.0 Å². The maximum Gasteiger partial charge on any atom is 0.291 e. The highest BCUT2D eigenvalue weighted by molar-refractivity contribution is 7.13. The van der Waals surface area contributed by atoms with Crippen molar-refractivity contribution in [2.45, 2.75) is 26.8 Å². The van der Waals surface area contributed by atoms with Crippen molar-refractivity contribution in [3.8, 4) is 11.1 Å². The van der Waals surface area contributed by atoms with Gasteiger partial charge in [0.15, 0.2) is 10.8 Å². The van der Waals surface area contributed by atoms with Crippen LogP contribution < -0.4 is 21.7 Å². The van der Waals surface area contributed by atoms with Crippen LogP contribution in [0.4, 0.5) is 17.1 Å². The summed E-state index contributed by atoms with van der Waals surface area (Å²) in [6, 6.07) is 16.9. The van der Waals surface area contributed by atoms with Crippen molar-refractivity contribution in [3.05, 3.63) is 87.1 Å². The van der Waals surface area contributed by atoms with Crippen molar-refractivity contribution < 1.29 is 9.59 Å². The number of benzene rings is 3. The Kier molecular flexibility index (Phi) is 6.34. The second-order valence-electron chi connectivity index (χ2n) is 9.54. The lowest BCUT2D eigenvalue weighted by Crippen LogP contribution is -2.22. The van der Waals surface area contributed by atoms with Crippen molar-refractivity contribution >= 4 is 51.2 Å². The summed E-state index contributed by atoms with van der Waals surface area (Å²) >= 11 is 1.44. The van der Waals surface area contributed by atoms with E-state index >= 15 is 0 Å². The van der Waals surface area contributed by atoms with Crippen molar-refractivity contribution in [2.75, 3.05) is 22.9 Å². The molecule has 6 N–H and O–H groups in total. The number of hydrogen-bond acceptors (Lipinski definition) is 7. The van der Waals surface area contributed by atoms with E-state index in [2.05, 4.69) is 30.9 Å². The van der Waals surface area contributed by atoms with Gasteiger partial charge in [-0.05, 0) is 66.4 Å². The minimum absolute atomic E-state index is 0.208. The molecule has 196 valence electrons. The van der Waals surface area contributed by atoms with E-state index in [4.69, 9.17) is 5.73 Å². The van der Waals surface area contributed by atoms with Crippen LogP contribution in [0.25, 0.3) is 22.2 Å². The third kappa shape index (κ3) is 4.75. The zero-order chi connectivity index (χ0) is 27.1. The smallest absolute Gasteiger partial charge is 0.291 e. The molecule has 0 radical (unpaired) electrons. The Balaban J connectivity index is 1.25. The van der Waals surface area contributed by atoms with Crippen LogP contribution in [0.5, 0.6) is 0 Å². The van der Waals surface area contributed by atoms with E-state index in [0.29, 0.717) is 27.4 Å². The van der Waals surface area contributed by atoms with Gasteiger partial charge in [-0.3, -0.25) is 9.59 Å². The lowest BCUT2D eigenvalue weighted by Gasteiger charge is -2.16. The molecule has 1 aliphatic heterocycles. The Bertz CT molecular complexity index is 1730. The van der Waals surface area contributed by atoms with Crippen LogP contribution in [-0.4, -0.2) is 33.3 Å². The number of rotatable bonds is 5. The van der Waals surface area contributed by atoms with Gasteiger partial charge in [-0.2, -0.15) is 0 Å². The highest BCUT2D eigenvalue weighted by Gasteiger charge is 2.20. The number of anilines is 3. The number of hydrogen-bond donors (Lipinski definition) is 5. The molecule has 0 aliphatic carbocycles. The Labute approximate surface area is 228 Å². The van der Waals surface area contributed by atoms with Crippen molar-refractivity contribution in [1.29, 1.82) is 0 Å². The number of aromatic nitrogens is 3. The second kappa shape index (κ2) is 9.97. The van der Waals surface area contributed by atoms with E-state index in [-0.39, 0.29) is 17.6 Å². The van der Waals surface area contributed by atoms with E-state index in [1.54, 1.807) is 18.2 Å². The van der Waals surface area contributed by atoms with Crippen LogP contribution in [0.2, 0.25) is 0 Å². The van der Waals surface area contributed by atoms with E-state index in [9.17, 15) is 9.59 Å². The summed E-state index contributed by atoms with van der Waals surface area (Å²) < 4.78 is 0. The highest BCUT2D eigenvalue weighted by atomic mass is 32.1. The molecule has 3 aromatic carbocycles. The number of fused-ring (bicyclic) bond motifs is 2. The molecule has 2 aromatic heterocycles. The number of thiazole rings is 1. The molecule has 6 rings (SSSR count). The number of amides is 2. The van der Waals surface area contributed by atoms with Crippen molar-refractivity contribution in [1.82, 2.24) is 20.3 Å². The molecule has 1 aliphatic rings. The summed E-state index contributed by atoms with van der Waals surface area (Å²) in [5, 5.41) is 9.82. The Morgan fingerprint density at radius 1 is 0.923 bits per heavy atom. The standard InChI is InChI=1S/C29H27N7O2S/c1-15-18(5-3-7-20(15)34-27(37)26-32-22-10-9-17(30)13-24(22)33-26)19-6-4-8-21(16(19)2)35-28(38)29-36-23-11-12-31-14-25(23)39-29/h3-10,13,31H,11-12,14,30H2,1-2H3,(H,32,33)(H,34,37)(H,35,38). The molecular formula is C29H27N7O2S. The minimum atomic E-state index is -0.343. The van der Waals surface area contributed by atoms with E-state index in [1.807, 2.05) is 50.2 Å². The minimum Gasteiger partial charge on any atom is -0.399 e. The molecule has 3 heterocycles. The summed E-state index contributed by atoms with van der Waals surface area (Å²) in [5.74, 6) is -0.343. The number of H-pyrrole nitrogens is 1. The zero-order valence-corrected chi connectivity index (χ0v) is 22.3. The average molecular weight is 538 g/mol. The number of nitrogens with one attached hydrogen (secondary N) is 4. The molecule has 9 nitrogen and oxygen atoms in total. The van der Waals surface area contributed by atoms with Gasteiger partial charge in [0, 0.05) is 41.4 Å². The molecule has 0 fully saturated rings. The Hall–Kier alpha value is -4.54. The third-order valence-electron chi connectivity index (χ3n) is 6.97. The molecular weight excluding hydrogens is 510 g/mol. The predicted octanol–water partition coefficient (Wildman–Crippen LogP) is 5.04. The first kappa shape index (κ1) is 24.8. The molecule has 0 atom stereocenters. The van der Waals surface area contributed by atoms with Gasteiger partial charge < -0.3 is 26.7 Å². The quantitative estimate of drug-likeness (QED) is 0.199. The van der Waals surface area contributed by atoms with Crippen LogP contribution in [-0.2, 0) is 13.0 Å². The van der Waals surface area contributed by atoms with Gasteiger partial charge in [0.25, 0.3) is 11.8 Å². The normalized spacial score (nSPS) is 12.8. The van der Waals surface area contributed by atoms with E-state index < -0.39 is 0 Å². The summed E-state index contributed by atoms with van der Waals surface area (Å²) in [5.41, 5.74) is 14.0. The molecule has 0 bridgehead atoms. The maximum atomic E-state index is 13.0. The summed E-state index contributed by atoms with van der Waals surface area (Å²) in [6.45, 7) is 5.58. The van der Waals surface area contributed by atoms with Crippen molar-refractivity contribution in [3.63, 3.8) is 0 Å². The largest absolute Gasteiger partial charge is 0.399 e. The van der Waals surface area contributed by atoms with Gasteiger partial charge in [0.05, 0.1) is 16.7 Å². The monoisotopic (exact) mass is 537 g/mol. The summed E-state index contributed by atoms with van der Waals surface area (Å²) in [7, 11) is 0. The number of nitrogens with two attached hydrogens (primary N) is 1. The topological polar surface area (TPSA) is 138 Å². The summed E-state index contributed by atoms with van der Waals surface area (Å²) in [4.78, 5) is 39.2. The molecule has 0 spiro atoms. The summed E-state index contributed by atoms with van der Waals surface area (Å²) in [6.07, 6.45) is 0.838. The second-order valence-corrected chi connectivity index (χ2v) is 10.6.